The molecule has 4 aromatic rings. The quantitative estimate of drug-likeness (QED) is 0.308. The minimum absolute atomic E-state index is 0.121. The summed E-state index contributed by atoms with van der Waals surface area (Å²) >= 11 is 18.2. The van der Waals surface area contributed by atoms with Gasteiger partial charge in [0.15, 0.2) is 0 Å². The van der Waals surface area contributed by atoms with Crippen molar-refractivity contribution in [2.24, 2.45) is 0 Å². The second-order valence-electron chi connectivity index (χ2n) is 7.01. The molecule has 154 valence electrons. The molecule has 0 N–H and O–H groups in total. The maximum absolute atomic E-state index is 13.0. The van der Waals surface area contributed by atoms with Crippen LogP contribution in [0.15, 0.2) is 59.9 Å². The Hall–Kier alpha value is -2.45. The topological polar surface area (TPSA) is 47.5 Å². The number of rotatable bonds is 6. The number of allylic oxidation sites excluding steroid dienone is 1. The molecule has 6 nitrogen and oxygen atoms in total. The summed E-state index contributed by atoms with van der Waals surface area (Å²) in [5, 5.41) is 6.30. The molecule has 0 aliphatic heterocycles. The lowest BCUT2D eigenvalue weighted by Crippen LogP contribution is -2.23. The fourth-order valence-electron chi connectivity index (χ4n) is 3.49. The van der Waals surface area contributed by atoms with Crippen LogP contribution in [-0.4, -0.2) is 30.7 Å². The van der Waals surface area contributed by atoms with Crippen molar-refractivity contribution in [3.8, 4) is 0 Å². The van der Waals surface area contributed by atoms with E-state index in [1.54, 1.807) is 27.5 Å². The maximum atomic E-state index is 13.0. The maximum Gasteiger partial charge on any atom is 0.263 e. The third-order valence-electron chi connectivity index (χ3n) is 4.84. The average Bonchev–Trinajstić information content (AvgIpc) is 3.04. The zero-order chi connectivity index (χ0) is 21.4. The Bertz CT molecular complexity index is 1390. The lowest BCUT2D eigenvalue weighted by molar-refractivity contribution is 0.244. The van der Waals surface area contributed by atoms with Crippen molar-refractivity contribution < 1.29 is 0 Å². The minimum atomic E-state index is -0.121. The molecule has 0 unspecified atom stereocenters. The van der Waals surface area contributed by atoms with Gasteiger partial charge in [-0.3, -0.25) is 18.7 Å². The second kappa shape index (κ2) is 8.35. The normalized spacial score (nSPS) is 11.6. The lowest BCUT2D eigenvalue weighted by Gasteiger charge is -2.17. The van der Waals surface area contributed by atoms with Gasteiger partial charge in [-0.15, -0.1) is 11.7 Å². The smallest absolute Gasteiger partial charge is 0.263 e. The first-order chi connectivity index (χ1) is 14.4. The number of hydrogen-bond acceptors (Lipinski definition) is 4. The molecule has 0 aliphatic rings. The Morgan fingerprint density at radius 2 is 1.97 bits per heavy atom. The predicted octanol–water partition coefficient (Wildman–Crippen LogP) is 4.76. The summed E-state index contributed by atoms with van der Waals surface area (Å²) in [6, 6.07) is 12.9. The van der Waals surface area contributed by atoms with Gasteiger partial charge >= 0.3 is 0 Å². The fraction of sp³-hybridized carbons (Fsp3) is 0.190. The third kappa shape index (κ3) is 3.58. The molecule has 2 heterocycles. The van der Waals surface area contributed by atoms with Crippen LogP contribution >= 0.6 is 35.4 Å². The first kappa shape index (κ1) is 20.8. The first-order valence-corrected chi connectivity index (χ1v) is 10.4. The van der Waals surface area contributed by atoms with Gasteiger partial charge in [-0.05, 0) is 43.0 Å². The van der Waals surface area contributed by atoms with Gasteiger partial charge in [-0.1, -0.05) is 53.5 Å². The van der Waals surface area contributed by atoms with E-state index in [9.17, 15) is 4.79 Å². The molecule has 0 amide bonds. The van der Waals surface area contributed by atoms with Crippen molar-refractivity contribution in [2.45, 2.75) is 19.8 Å². The average molecular weight is 460 g/mol. The highest BCUT2D eigenvalue weighted by Crippen LogP contribution is 2.26. The summed E-state index contributed by atoms with van der Waals surface area (Å²) in [4.78, 5) is 15.0. The number of halogens is 2. The van der Waals surface area contributed by atoms with Crippen LogP contribution < -0.4 is 5.56 Å². The van der Waals surface area contributed by atoms with E-state index in [0.717, 1.165) is 11.1 Å². The molecular formula is C21H19Cl2N5OS. The van der Waals surface area contributed by atoms with Crippen LogP contribution in [-0.2, 0) is 19.8 Å². The van der Waals surface area contributed by atoms with Gasteiger partial charge in [0.2, 0.25) is 10.5 Å². The van der Waals surface area contributed by atoms with E-state index in [1.807, 2.05) is 46.7 Å². The second-order valence-corrected chi connectivity index (χ2v) is 8.16. The standard InChI is InChI=1S/C21H19Cl2N5OS/c1-3-11-26-19(29)15-8-4-5-10-17(15)28-20(26)24-27(21(28)30)13-25(2)12-14-7-6-9-16(22)18(14)23/h3-10H,1,11-13H2,2H3. The molecule has 2 aromatic heterocycles. The van der Waals surface area contributed by atoms with Gasteiger partial charge in [-0.25, -0.2) is 4.68 Å². The van der Waals surface area contributed by atoms with Crippen LogP contribution in [0.3, 0.4) is 0 Å². The fourth-order valence-corrected chi connectivity index (χ4v) is 4.15. The van der Waals surface area contributed by atoms with Crippen LogP contribution in [0.4, 0.5) is 0 Å². The lowest BCUT2D eigenvalue weighted by atomic mass is 10.2. The van der Waals surface area contributed by atoms with Crippen molar-refractivity contribution in [3.63, 3.8) is 0 Å². The van der Waals surface area contributed by atoms with E-state index < -0.39 is 0 Å². The van der Waals surface area contributed by atoms with E-state index in [0.29, 0.717) is 45.7 Å². The number of nitrogens with zero attached hydrogens (tertiary/aromatic N) is 5. The Kier molecular flexibility index (Phi) is 5.79. The van der Waals surface area contributed by atoms with E-state index in [4.69, 9.17) is 35.4 Å². The Labute approximate surface area is 188 Å². The van der Waals surface area contributed by atoms with Crippen LogP contribution in [0.25, 0.3) is 16.7 Å². The zero-order valence-electron chi connectivity index (χ0n) is 16.3. The largest absolute Gasteiger partial charge is 0.283 e. The first-order valence-electron chi connectivity index (χ1n) is 9.26. The molecule has 0 atom stereocenters. The zero-order valence-corrected chi connectivity index (χ0v) is 18.6. The minimum Gasteiger partial charge on any atom is -0.283 e. The summed E-state index contributed by atoms with van der Waals surface area (Å²) < 4.78 is 5.61. The summed E-state index contributed by atoms with van der Waals surface area (Å²) in [6.07, 6.45) is 1.67. The molecule has 4 rings (SSSR count). The number of para-hydroxylation sites is 1. The molecule has 30 heavy (non-hydrogen) atoms. The van der Waals surface area contributed by atoms with Gasteiger partial charge < -0.3 is 0 Å². The molecule has 0 aliphatic carbocycles. The van der Waals surface area contributed by atoms with Gasteiger partial charge in [-0.2, -0.15) is 0 Å². The summed E-state index contributed by atoms with van der Waals surface area (Å²) in [7, 11) is 1.94. The van der Waals surface area contributed by atoms with E-state index >= 15 is 0 Å². The van der Waals surface area contributed by atoms with E-state index in [1.165, 1.54) is 0 Å². The van der Waals surface area contributed by atoms with Crippen molar-refractivity contribution in [1.29, 1.82) is 0 Å². The van der Waals surface area contributed by atoms with E-state index in [2.05, 4.69) is 11.7 Å². The van der Waals surface area contributed by atoms with Gasteiger partial charge in [0.25, 0.3) is 5.56 Å². The van der Waals surface area contributed by atoms with Crippen molar-refractivity contribution in [2.75, 3.05) is 7.05 Å². The molecule has 0 saturated carbocycles. The number of fused-ring (bicyclic) bond motifs is 3. The predicted molar refractivity (Wildman–Crippen MR) is 124 cm³/mol. The summed E-state index contributed by atoms with van der Waals surface area (Å²) in [5.41, 5.74) is 1.52. The monoisotopic (exact) mass is 459 g/mol. The van der Waals surface area contributed by atoms with Crippen LogP contribution in [0, 0.1) is 4.77 Å². The molecule has 0 spiro atoms. The number of hydrogen-bond donors (Lipinski definition) is 0. The van der Waals surface area contributed by atoms with Crippen molar-refractivity contribution in [1.82, 2.24) is 23.6 Å². The molecule has 0 fully saturated rings. The highest BCUT2D eigenvalue weighted by atomic mass is 35.5. The van der Waals surface area contributed by atoms with Crippen LogP contribution in [0.5, 0.6) is 0 Å². The van der Waals surface area contributed by atoms with E-state index in [-0.39, 0.29) is 5.56 Å². The van der Waals surface area contributed by atoms with Crippen LogP contribution in [0.1, 0.15) is 5.56 Å². The van der Waals surface area contributed by atoms with Crippen molar-refractivity contribution >= 4 is 52.1 Å². The molecule has 9 heteroatoms. The van der Waals surface area contributed by atoms with Gasteiger partial charge in [0.05, 0.1) is 27.6 Å². The SMILES string of the molecule is C=CCn1c(=O)c2ccccc2n2c(=S)n(CN(C)Cc3cccc(Cl)c3Cl)nc12. The number of aromatic nitrogens is 4. The van der Waals surface area contributed by atoms with Crippen molar-refractivity contribution in [3.05, 3.63) is 85.9 Å². The van der Waals surface area contributed by atoms with Gasteiger partial charge in [0.1, 0.15) is 0 Å². The molecule has 0 saturated heterocycles. The molecular weight excluding hydrogens is 441 g/mol. The summed E-state index contributed by atoms with van der Waals surface area (Å²) in [5.74, 6) is 0.484. The Morgan fingerprint density at radius 3 is 2.73 bits per heavy atom. The summed E-state index contributed by atoms with van der Waals surface area (Å²) in [6.45, 7) is 5.08. The van der Waals surface area contributed by atoms with Crippen LogP contribution in [0.2, 0.25) is 10.0 Å². The third-order valence-corrected chi connectivity index (χ3v) is 6.09. The number of benzene rings is 2. The molecule has 2 aromatic carbocycles. The van der Waals surface area contributed by atoms with Gasteiger partial charge in [0, 0.05) is 13.1 Å². The molecule has 0 bridgehead atoms. The Balaban J connectivity index is 1.80. The highest BCUT2D eigenvalue weighted by Gasteiger charge is 2.16. The molecule has 0 radical (unpaired) electrons. The highest BCUT2D eigenvalue weighted by molar-refractivity contribution is 7.71. The Morgan fingerprint density at radius 1 is 1.20 bits per heavy atom.